The lowest BCUT2D eigenvalue weighted by molar-refractivity contribution is -0.119. The third kappa shape index (κ3) is 4.31. The number of nitrogens with zero attached hydrogens (tertiary/aromatic N) is 2. The first-order valence-corrected chi connectivity index (χ1v) is 10.5. The van der Waals surface area contributed by atoms with Crippen molar-refractivity contribution in [1.82, 2.24) is 14.9 Å². The van der Waals surface area contributed by atoms with Crippen LogP contribution in [0.4, 0.5) is 0 Å². The van der Waals surface area contributed by atoms with Crippen LogP contribution in [0.2, 0.25) is 0 Å². The zero-order valence-electron chi connectivity index (χ0n) is 15.3. The van der Waals surface area contributed by atoms with Crippen molar-refractivity contribution >= 4 is 39.2 Å². The van der Waals surface area contributed by atoms with Crippen molar-refractivity contribution in [3.05, 3.63) is 58.7 Å². The van der Waals surface area contributed by atoms with E-state index < -0.39 is 0 Å². The normalized spacial score (nSPS) is 11.1. The Hall–Kier alpha value is -2.38. The molecular weight excluding hydrogens is 378 g/mol. The van der Waals surface area contributed by atoms with Crippen LogP contribution < -0.4 is 10.9 Å². The molecule has 0 unspecified atom stereocenters. The Morgan fingerprint density at radius 2 is 2.11 bits per heavy atom. The van der Waals surface area contributed by atoms with Gasteiger partial charge in [0.1, 0.15) is 4.83 Å². The molecule has 0 aliphatic heterocycles. The van der Waals surface area contributed by atoms with E-state index in [4.69, 9.17) is 0 Å². The summed E-state index contributed by atoms with van der Waals surface area (Å²) < 4.78 is 1.59. The highest BCUT2D eigenvalue weighted by atomic mass is 32.2. The van der Waals surface area contributed by atoms with Crippen LogP contribution in [0, 0.1) is 0 Å². The smallest absolute Gasteiger partial charge is 0.263 e. The van der Waals surface area contributed by atoms with Crippen LogP contribution in [0.25, 0.3) is 21.3 Å². The second-order valence-corrected chi connectivity index (χ2v) is 8.11. The Bertz CT molecular complexity index is 1020. The van der Waals surface area contributed by atoms with E-state index in [0.29, 0.717) is 21.9 Å². The zero-order chi connectivity index (χ0) is 19.4. The van der Waals surface area contributed by atoms with Crippen molar-refractivity contribution in [3.8, 4) is 11.1 Å². The van der Waals surface area contributed by atoms with E-state index in [1.54, 1.807) is 10.6 Å². The van der Waals surface area contributed by atoms with Crippen LogP contribution in [0.3, 0.4) is 0 Å². The number of thiophene rings is 1. The van der Waals surface area contributed by atoms with Gasteiger partial charge < -0.3 is 5.32 Å². The lowest BCUT2D eigenvalue weighted by Gasteiger charge is -2.12. The molecule has 3 rings (SSSR count). The summed E-state index contributed by atoms with van der Waals surface area (Å²) >= 11 is 2.71. The first-order chi connectivity index (χ1) is 13.0. The molecule has 0 atom stereocenters. The van der Waals surface area contributed by atoms with Crippen LogP contribution in [0.1, 0.15) is 13.8 Å². The number of allylic oxidation sites excluding steroid dienone is 1. The molecule has 0 aliphatic rings. The molecule has 1 aromatic carbocycles. The third-order valence-corrected chi connectivity index (χ3v) is 5.69. The monoisotopic (exact) mass is 399 g/mol. The molecule has 0 spiro atoms. The number of amides is 1. The zero-order valence-corrected chi connectivity index (χ0v) is 16.9. The Labute approximate surface area is 166 Å². The van der Waals surface area contributed by atoms with E-state index >= 15 is 0 Å². The van der Waals surface area contributed by atoms with Gasteiger partial charge in [-0.3, -0.25) is 14.2 Å². The number of hydrogen-bond donors (Lipinski definition) is 1. The van der Waals surface area contributed by atoms with Gasteiger partial charge in [-0.25, -0.2) is 4.98 Å². The minimum atomic E-state index is -0.105. The van der Waals surface area contributed by atoms with Crippen molar-refractivity contribution in [1.29, 1.82) is 0 Å². The van der Waals surface area contributed by atoms with Crippen molar-refractivity contribution < 1.29 is 4.79 Å². The van der Waals surface area contributed by atoms with Gasteiger partial charge >= 0.3 is 0 Å². The average molecular weight is 400 g/mol. The summed E-state index contributed by atoms with van der Waals surface area (Å²) in [4.78, 5) is 30.5. The summed E-state index contributed by atoms with van der Waals surface area (Å²) in [5.41, 5.74) is 1.77. The quantitative estimate of drug-likeness (QED) is 0.371. The molecule has 0 saturated heterocycles. The highest BCUT2D eigenvalue weighted by Crippen LogP contribution is 2.32. The lowest BCUT2D eigenvalue weighted by atomic mass is 10.1. The van der Waals surface area contributed by atoms with Crippen molar-refractivity contribution in [2.45, 2.75) is 31.6 Å². The van der Waals surface area contributed by atoms with Gasteiger partial charge in [-0.15, -0.1) is 17.9 Å². The second kappa shape index (κ2) is 8.54. The predicted molar refractivity (Wildman–Crippen MR) is 114 cm³/mol. The number of benzene rings is 1. The molecule has 1 N–H and O–H groups in total. The van der Waals surface area contributed by atoms with E-state index in [1.165, 1.54) is 23.1 Å². The minimum absolute atomic E-state index is 0.0781. The molecule has 27 heavy (non-hydrogen) atoms. The topological polar surface area (TPSA) is 64.0 Å². The van der Waals surface area contributed by atoms with E-state index in [-0.39, 0.29) is 23.3 Å². The molecular formula is C20H21N3O2S2. The standard InChI is InChI=1S/C20H21N3O2S2/c1-4-10-23-19(25)17-15(14-8-6-5-7-9-14)11-26-18(17)22-20(23)27-12-16(24)21-13(2)3/h4-9,11,13H,1,10,12H2,2-3H3,(H,21,24). The van der Waals surface area contributed by atoms with Crippen molar-refractivity contribution in [2.75, 3.05) is 5.75 Å². The first-order valence-electron chi connectivity index (χ1n) is 8.61. The fourth-order valence-corrected chi connectivity index (χ4v) is 4.54. The molecule has 7 heteroatoms. The molecule has 140 valence electrons. The van der Waals surface area contributed by atoms with Crippen LogP contribution in [-0.2, 0) is 11.3 Å². The maximum atomic E-state index is 13.2. The van der Waals surface area contributed by atoms with Crippen molar-refractivity contribution in [3.63, 3.8) is 0 Å². The molecule has 5 nitrogen and oxygen atoms in total. The number of nitrogens with one attached hydrogen (secondary N) is 1. The van der Waals surface area contributed by atoms with Gasteiger partial charge in [-0.2, -0.15) is 0 Å². The van der Waals surface area contributed by atoms with Gasteiger partial charge in [-0.1, -0.05) is 48.2 Å². The van der Waals surface area contributed by atoms with Crippen molar-refractivity contribution in [2.24, 2.45) is 0 Å². The summed E-state index contributed by atoms with van der Waals surface area (Å²) in [5, 5.41) is 5.96. The second-order valence-electron chi connectivity index (χ2n) is 6.31. The molecule has 1 amide bonds. The van der Waals surface area contributed by atoms with Crippen LogP contribution in [-0.4, -0.2) is 27.3 Å². The van der Waals surface area contributed by atoms with Gasteiger partial charge in [-0.05, 0) is 19.4 Å². The van der Waals surface area contributed by atoms with E-state index in [2.05, 4.69) is 16.9 Å². The number of rotatable bonds is 7. The van der Waals surface area contributed by atoms with Gasteiger partial charge in [0.15, 0.2) is 5.16 Å². The van der Waals surface area contributed by atoms with Gasteiger partial charge in [0, 0.05) is 23.5 Å². The predicted octanol–water partition coefficient (Wildman–Crippen LogP) is 3.93. The summed E-state index contributed by atoms with van der Waals surface area (Å²) in [6, 6.07) is 9.89. The largest absolute Gasteiger partial charge is 0.353 e. The first kappa shape index (κ1) is 19.4. The molecule has 2 aromatic heterocycles. The average Bonchev–Trinajstić information content (AvgIpc) is 3.07. The Kier molecular flexibility index (Phi) is 6.13. The van der Waals surface area contributed by atoms with Crippen LogP contribution in [0.15, 0.2) is 58.3 Å². The van der Waals surface area contributed by atoms with Crippen LogP contribution in [0.5, 0.6) is 0 Å². The maximum Gasteiger partial charge on any atom is 0.263 e. The third-order valence-electron chi connectivity index (χ3n) is 3.84. The Morgan fingerprint density at radius 1 is 1.37 bits per heavy atom. The summed E-state index contributed by atoms with van der Waals surface area (Å²) in [7, 11) is 0. The van der Waals surface area contributed by atoms with Gasteiger partial charge in [0.05, 0.1) is 11.1 Å². The summed E-state index contributed by atoms with van der Waals surface area (Å²) in [6.45, 7) is 7.92. The fourth-order valence-electron chi connectivity index (χ4n) is 2.73. The highest BCUT2D eigenvalue weighted by Gasteiger charge is 2.17. The number of carbonyl (C=O) groups excluding carboxylic acids is 1. The van der Waals surface area contributed by atoms with E-state index in [0.717, 1.165) is 11.1 Å². The molecule has 0 bridgehead atoms. The molecule has 2 heterocycles. The molecule has 0 fully saturated rings. The Morgan fingerprint density at radius 3 is 2.78 bits per heavy atom. The molecule has 0 aliphatic carbocycles. The molecule has 0 saturated carbocycles. The molecule has 3 aromatic rings. The van der Waals surface area contributed by atoms with Gasteiger partial charge in [0.2, 0.25) is 5.91 Å². The number of carbonyl (C=O) groups is 1. The molecule has 0 radical (unpaired) electrons. The fraction of sp³-hybridized carbons (Fsp3) is 0.250. The van der Waals surface area contributed by atoms with E-state index in [1.807, 2.05) is 49.6 Å². The number of hydrogen-bond acceptors (Lipinski definition) is 5. The van der Waals surface area contributed by atoms with Crippen LogP contribution >= 0.6 is 23.1 Å². The van der Waals surface area contributed by atoms with E-state index in [9.17, 15) is 9.59 Å². The lowest BCUT2D eigenvalue weighted by Crippen LogP contribution is -2.32. The number of aromatic nitrogens is 2. The number of thioether (sulfide) groups is 1. The Balaban J connectivity index is 2.03. The SMILES string of the molecule is C=CCn1c(SCC(=O)NC(C)C)nc2scc(-c3ccccc3)c2c1=O. The van der Waals surface area contributed by atoms with Gasteiger partial charge in [0.25, 0.3) is 5.56 Å². The highest BCUT2D eigenvalue weighted by molar-refractivity contribution is 7.99. The number of fused-ring (bicyclic) bond motifs is 1. The minimum Gasteiger partial charge on any atom is -0.353 e. The maximum absolute atomic E-state index is 13.2. The summed E-state index contributed by atoms with van der Waals surface area (Å²) in [5.74, 6) is 0.134. The summed E-state index contributed by atoms with van der Waals surface area (Å²) in [6.07, 6.45) is 1.67.